The van der Waals surface area contributed by atoms with E-state index in [1.54, 1.807) is 54.6 Å². The van der Waals surface area contributed by atoms with E-state index in [0.717, 1.165) is 0 Å². The molecule has 1 amide bonds. The van der Waals surface area contributed by atoms with Gasteiger partial charge in [0.15, 0.2) is 0 Å². The van der Waals surface area contributed by atoms with Crippen molar-refractivity contribution in [3.63, 3.8) is 0 Å². The van der Waals surface area contributed by atoms with E-state index in [0.29, 0.717) is 27.7 Å². The monoisotopic (exact) mass is 369 g/mol. The van der Waals surface area contributed by atoms with Gasteiger partial charge < -0.3 is 4.42 Å². The number of carbonyl (C=O) groups excluding carboxylic acids is 1. The fraction of sp³-hybridized carbons (Fsp3) is 0. The smallest absolute Gasteiger partial charge is 0.280 e. The minimum atomic E-state index is -0.477. The van der Waals surface area contributed by atoms with Gasteiger partial charge in [0, 0.05) is 6.07 Å². The zero-order valence-corrected chi connectivity index (χ0v) is 14.0. The third kappa shape index (κ3) is 3.79. The number of carbonyl (C=O) groups is 1. The molecule has 1 heterocycles. The molecule has 26 heavy (non-hydrogen) atoms. The molecule has 0 aliphatic rings. The van der Waals surface area contributed by atoms with Crippen LogP contribution >= 0.6 is 11.6 Å². The number of furan rings is 1. The minimum absolute atomic E-state index is 0.0580. The highest BCUT2D eigenvalue weighted by Gasteiger charge is 2.16. The number of amides is 1. The van der Waals surface area contributed by atoms with Crippen LogP contribution in [0.4, 0.5) is 5.69 Å². The highest BCUT2D eigenvalue weighted by atomic mass is 35.5. The van der Waals surface area contributed by atoms with Gasteiger partial charge in [-0.2, -0.15) is 5.10 Å². The summed E-state index contributed by atoms with van der Waals surface area (Å²) >= 11 is 5.94. The van der Waals surface area contributed by atoms with Gasteiger partial charge >= 0.3 is 0 Å². The Labute approximate surface area is 153 Å². The van der Waals surface area contributed by atoms with E-state index in [4.69, 9.17) is 16.0 Å². The number of rotatable bonds is 5. The molecule has 0 saturated carbocycles. The average molecular weight is 370 g/mol. The van der Waals surface area contributed by atoms with Crippen LogP contribution in [0.15, 0.2) is 70.2 Å². The quantitative estimate of drug-likeness (QED) is 0.412. The molecule has 7 nitrogen and oxygen atoms in total. The predicted molar refractivity (Wildman–Crippen MR) is 97.3 cm³/mol. The molecular weight excluding hydrogens is 358 g/mol. The maximum atomic E-state index is 12.0. The third-order valence-corrected chi connectivity index (χ3v) is 3.80. The number of hydrogen-bond donors (Lipinski definition) is 1. The molecule has 130 valence electrons. The lowest BCUT2D eigenvalue weighted by molar-refractivity contribution is -0.384. The van der Waals surface area contributed by atoms with E-state index in [2.05, 4.69) is 10.5 Å². The molecule has 0 fully saturated rings. The summed E-state index contributed by atoms with van der Waals surface area (Å²) in [5.74, 6) is 0.200. The summed E-state index contributed by atoms with van der Waals surface area (Å²) in [4.78, 5) is 22.6. The Morgan fingerprint density at radius 3 is 2.62 bits per heavy atom. The Bertz CT molecular complexity index is 997. The lowest BCUT2D eigenvalue weighted by Gasteiger charge is -2.01. The van der Waals surface area contributed by atoms with Crippen LogP contribution in [-0.2, 0) is 0 Å². The Hall–Kier alpha value is -3.45. The molecule has 0 bridgehead atoms. The van der Waals surface area contributed by atoms with Crippen molar-refractivity contribution in [3.8, 4) is 11.3 Å². The normalized spacial score (nSPS) is 10.8. The lowest BCUT2D eigenvalue weighted by atomic mass is 10.1. The molecular formula is C18H12ClN3O4. The summed E-state index contributed by atoms with van der Waals surface area (Å²) in [6.45, 7) is 0. The Morgan fingerprint density at radius 1 is 1.12 bits per heavy atom. The first-order valence-corrected chi connectivity index (χ1v) is 7.85. The van der Waals surface area contributed by atoms with Crippen LogP contribution in [0.2, 0.25) is 5.02 Å². The second kappa shape index (κ2) is 7.62. The summed E-state index contributed by atoms with van der Waals surface area (Å²) in [6.07, 6.45) is 1.30. The molecule has 1 aromatic heterocycles. The van der Waals surface area contributed by atoms with E-state index < -0.39 is 10.8 Å². The maximum absolute atomic E-state index is 12.0. The van der Waals surface area contributed by atoms with Gasteiger partial charge in [-0.1, -0.05) is 35.9 Å². The van der Waals surface area contributed by atoms with E-state index >= 15 is 0 Å². The van der Waals surface area contributed by atoms with Gasteiger partial charge in [-0.15, -0.1) is 0 Å². The van der Waals surface area contributed by atoms with Crippen molar-refractivity contribution in [2.24, 2.45) is 5.10 Å². The number of nitrogens with zero attached hydrogens (tertiary/aromatic N) is 2. The van der Waals surface area contributed by atoms with Crippen molar-refractivity contribution in [3.05, 3.63) is 87.1 Å². The van der Waals surface area contributed by atoms with Gasteiger partial charge in [0.2, 0.25) is 0 Å². The Morgan fingerprint density at radius 2 is 1.85 bits per heavy atom. The summed E-state index contributed by atoms with van der Waals surface area (Å²) in [6, 6.07) is 16.0. The first-order chi connectivity index (χ1) is 12.6. The third-order valence-electron chi connectivity index (χ3n) is 3.47. The minimum Gasteiger partial charge on any atom is -0.455 e. The molecule has 2 aromatic carbocycles. The molecule has 0 atom stereocenters. The van der Waals surface area contributed by atoms with Gasteiger partial charge in [-0.05, 0) is 30.3 Å². The number of hydrogen-bond acceptors (Lipinski definition) is 5. The summed E-state index contributed by atoms with van der Waals surface area (Å²) in [7, 11) is 0. The number of benzene rings is 2. The van der Waals surface area contributed by atoms with Crippen LogP contribution in [-0.4, -0.2) is 17.0 Å². The van der Waals surface area contributed by atoms with Crippen molar-refractivity contribution >= 4 is 29.4 Å². The summed E-state index contributed by atoms with van der Waals surface area (Å²) in [5, 5.41) is 15.2. The molecule has 3 rings (SSSR count). The van der Waals surface area contributed by atoms with E-state index in [9.17, 15) is 14.9 Å². The van der Waals surface area contributed by atoms with Crippen LogP contribution in [0.5, 0.6) is 0 Å². The Kier molecular flexibility index (Phi) is 5.09. The number of hydrazone groups is 1. The number of nitro groups is 1. The topological polar surface area (TPSA) is 97.7 Å². The molecule has 0 aliphatic heterocycles. The maximum Gasteiger partial charge on any atom is 0.280 e. The van der Waals surface area contributed by atoms with Crippen LogP contribution in [0.1, 0.15) is 16.1 Å². The molecule has 0 radical (unpaired) electrons. The molecule has 0 unspecified atom stereocenters. The molecule has 8 heteroatoms. The average Bonchev–Trinajstić information content (AvgIpc) is 3.10. The highest BCUT2D eigenvalue weighted by molar-refractivity contribution is 6.33. The lowest BCUT2D eigenvalue weighted by Crippen LogP contribution is -2.17. The van der Waals surface area contributed by atoms with E-state index in [-0.39, 0.29) is 5.69 Å². The van der Waals surface area contributed by atoms with Crippen LogP contribution in [0.25, 0.3) is 11.3 Å². The first-order valence-electron chi connectivity index (χ1n) is 7.48. The fourth-order valence-corrected chi connectivity index (χ4v) is 2.49. The molecule has 1 N–H and O–H groups in total. The number of nitro benzene ring substituents is 1. The van der Waals surface area contributed by atoms with Crippen molar-refractivity contribution in [1.29, 1.82) is 0 Å². The fourth-order valence-electron chi connectivity index (χ4n) is 2.27. The van der Waals surface area contributed by atoms with E-state index in [1.807, 2.05) is 0 Å². The largest absolute Gasteiger partial charge is 0.455 e. The van der Waals surface area contributed by atoms with Gasteiger partial charge in [0.25, 0.3) is 11.6 Å². The van der Waals surface area contributed by atoms with Gasteiger partial charge in [-0.3, -0.25) is 14.9 Å². The Balaban J connectivity index is 1.73. The first kappa shape index (κ1) is 17.4. The summed E-state index contributed by atoms with van der Waals surface area (Å²) in [5.41, 5.74) is 2.94. The molecule has 3 aromatic rings. The predicted octanol–water partition coefficient (Wildman–Crippen LogP) is 4.27. The van der Waals surface area contributed by atoms with E-state index in [1.165, 1.54) is 12.3 Å². The van der Waals surface area contributed by atoms with Crippen LogP contribution in [0.3, 0.4) is 0 Å². The van der Waals surface area contributed by atoms with Crippen molar-refractivity contribution < 1.29 is 14.1 Å². The van der Waals surface area contributed by atoms with Gasteiger partial charge in [-0.25, -0.2) is 5.43 Å². The van der Waals surface area contributed by atoms with Gasteiger partial charge in [0.05, 0.1) is 27.3 Å². The highest BCUT2D eigenvalue weighted by Crippen LogP contribution is 2.30. The molecule has 0 saturated heterocycles. The molecule has 0 aliphatic carbocycles. The van der Waals surface area contributed by atoms with Crippen molar-refractivity contribution in [1.82, 2.24) is 5.43 Å². The second-order valence-electron chi connectivity index (χ2n) is 5.16. The number of para-hydroxylation sites is 1. The zero-order chi connectivity index (χ0) is 18.5. The second-order valence-corrected chi connectivity index (χ2v) is 5.56. The number of nitrogens with one attached hydrogen (secondary N) is 1. The van der Waals surface area contributed by atoms with Crippen molar-refractivity contribution in [2.75, 3.05) is 0 Å². The zero-order valence-electron chi connectivity index (χ0n) is 13.3. The SMILES string of the molecule is O=C(N/N=C\c1ccc(-c2ccccc2[N+](=O)[O-])o1)c1ccccc1Cl. The van der Waals surface area contributed by atoms with Crippen LogP contribution in [0, 0.1) is 10.1 Å². The summed E-state index contributed by atoms with van der Waals surface area (Å²) < 4.78 is 5.54. The number of halogens is 1. The standard InChI is InChI=1S/C18H12ClN3O4/c19-15-7-3-1-5-13(15)18(23)21-20-11-12-9-10-17(26-12)14-6-2-4-8-16(14)22(24)25/h1-11H,(H,21,23)/b20-11-. The van der Waals surface area contributed by atoms with Gasteiger partial charge in [0.1, 0.15) is 11.5 Å². The molecule has 0 spiro atoms. The van der Waals surface area contributed by atoms with Crippen LogP contribution < -0.4 is 5.43 Å². The van der Waals surface area contributed by atoms with Crippen molar-refractivity contribution in [2.45, 2.75) is 0 Å².